The number of nitrogens with zero attached hydrogens (tertiary/aromatic N) is 2. The summed E-state index contributed by atoms with van der Waals surface area (Å²) in [6.07, 6.45) is 4.71. The standard InChI is InChI=1S/C15H21N3O/c1-16-11-14-3-4-15(19-14)12-18(2)10-7-13-5-8-17-9-6-13/h3-6,8-9,16H,7,10-12H2,1-2H3. The predicted octanol–water partition coefficient (Wildman–Crippen LogP) is 2.07. The van der Waals surface area contributed by atoms with Crippen molar-refractivity contribution in [3.8, 4) is 0 Å². The summed E-state index contributed by atoms with van der Waals surface area (Å²) in [5.41, 5.74) is 1.32. The fourth-order valence-corrected chi connectivity index (χ4v) is 1.99. The summed E-state index contributed by atoms with van der Waals surface area (Å²) in [5, 5.41) is 3.08. The first-order chi connectivity index (χ1) is 9.28. The molecule has 0 spiro atoms. The Labute approximate surface area is 114 Å². The summed E-state index contributed by atoms with van der Waals surface area (Å²) >= 11 is 0. The Morgan fingerprint density at radius 3 is 2.63 bits per heavy atom. The van der Waals surface area contributed by atoms with E-state index in [0.29, 0.717) is 0 Å². The van der Waals surface area contributed by atoms with Crippen LogP contribution < -0.4 is 5.32 Å². The van der Waals surface area contributed by atoms with Crippen molar-refractivity contribution >= 4 is 0 Å². The summed E-state index contributed by atoms with van der Waals surface area (Å²) in [6.45, 7) is 2.63. The zero-order valence-electron chi connectivity index (χ0n) is 11.6. The summed E-state index contributed by atoms with van der Waals surface area (Å²) in [5.74, 6) is 2.00. The molecule has 0 atom stereocenters. The molecule has 0 saturated heterocycles. The van der Waals surface area contributed by atoms with E-state index in [9.17, 15) is 0 Å². The Morgan fingerprint density at radius 1 is 1.16 bits per heavy atom. The van der Waals surface area contributed by atoms with Gasteiger partial charge in [-0.3, -0.25) is 9.88 Å². The van der Waals surface area contributed by atoms with Crippen molar-refractivity contribution < 1.29 is 4.42 Å². The quantitative estimate of drug-likeness (QED) is 0.826. The van der Waals surface area contributed by atoms with Crippen LogP contribution in [0.1, 0.15) is 17.1 Å². The first-order valence-electron chi connectivity index (χ1n) is 6.57. The van der Waals surface area contributed by atoms with E-state index < -0.39 is 0 Å². The van der Waals surface area contributed by atoms with Crippen molar-refractivity contribution in [2.24, 2.45) is 0 Å². The van der Waals surface area contributed by atoms with Gasteiger partial charge >= 0.3 is 0 Å². The van der Waals surface area contributed by atoms with Gasteiger partial charge in [-0.15, -0.1) is 0 Å². The smallest absolute Gasteiger partial charge is 0.118 e. The minimum atomic E-state index is 0.779. The highest BCUT2D eigenvalue weighted by Gasteiger charge is 2.05. The van der Waals surface area contributed by atoms with Crippen LogP contribution in [-0.4, -0.2) is 30.5 Å². The molecule has 0 saturated carbocycles. The molecule has 0 aliphatic rings. The molecule has 0 aliphatic carbocycles. The molecule has 4 heteroatoms. The van der Waals surface area contributed by atoms with Crippen LogP contribution in [0.15, 0.2) is 41.1 Å². The van der Waals surface area contributed by atoms with Crippen molar-refractivity contribution in [1.29, 1.82) is 0 Å². The highest BCUT2D eigenvalue weighted by atomic mass is 16.3. The summed E-state index contributed by atoms with van der Waals surface area (Å²) in [6, 6.07) is 8.20. The lowest BCUT2D eigenvalue weighted by atomic mass is 10.2. The molecular formula is C15H21N3O. The lowest BCUT2D eigenvalue weighted by molar-refractivity contribution is 0.293. The Bertz CT molecular complexity index is 481. The molecular weight excluding hydrogens is 238 g/mol. The number of hydrogen-bond acceptors (Lipinski definition) is 4. The number of furan rings is 1. The highest BCUT2D eigenvalue weighted by molar-refractivity contribution is 5.10. The van der Waals surface area contributed by atoms with Gasteiger partial charge in [-0.25, -0.2) is 0 Å². The summed E-state index contributed by atoms with van der Waals surface area (Å²) in [4.78, 5) is 6.29. The van der Waals surface area contributed by atoms with Gasteiger partial charge in [0.05, 0.1) is 13.1 Å². The van der Waals surface area contributed by atoms with Crippen molar-refractivity contribution in [2.75, 3.05) is 20.6 Å². The molecule has 2 aromatic rings. The average Bonchev–Trinajstić information content (AvgIpc) is 2.85. The molecule has 1 N–H and O–H groups in total. The number of pyridine rings is 1. The highest BCUT2D eigenvalue weighted by Crippen LogP contribution is 2.10. The maximum absolute atomic E-state index is 5.73. The Morgan fingerprint density at radius 2 is 1.89 bits per heavy atom. The van der Waals surface area contributed by atoms with Crippen LogP contribution >= 0.6 is 0 Å². The molecule has 0 fully saturated rings. The van der Waals surface area contributed by atoms with Crippen LogP contribution in [-0.2, 0) is 19.5 Å². The fraction of sp³-hybridized carbons (Fsp3) is 0.400. The van der Waals surface area contributed by atoms with Gasteiger partial charge in [0.2, 0.25) is 0 Å². The van der Waals surface area contributed by atoms with E-state index in [1.807, 2.05) is 25.5 Å². The Hall–Kier alpha value is -1.65. The van der Waals surface area contributed by atoms with E-state index in [1.54, 1.807) is 0 Å². The van der Waals surface area contributed by atoms with E-state index in [4.69, 9.17) is 4.42 Å². The third kappa shape index (κ3) is 4.50. The Balaban J connectivity index is 1.78. The van der Waals surface area contributed by atoms with Gasteiger partial charge in [-0.05, 0) is 50.3 Å². The SMILES string of the molecule is CNCc1ccc(CN(C)CCc2ccncc2)o1. The van der Waals surface area contributed by atoms with E-state index in [-0.39, 0.29) is 0 Å². The van der Waals surface area contributed by atoms with E-state index in [2.05, 4.69) is 40.4 Å². The van der Waals surface area contributed by atoms with Gasteiger partial charge in [0.15, 0.2) is 0 Å². The molecule has 102 valence electrons. The maximum atomic E-state index is 5.73. The average molecular weight is 259 g/mol. The lowest BCUT2D eigenvalue weighted by Gasteiger charge is -2.14. The van der Waals surface area contributed by atoms with Gasteiger partial charge in [-0.2, -0.15) is 0 Å². The zero-order chi connectivity index (χ0) is 13.5. The molecule has 2 heterocycles. The summed E-state index contributed by atoms with van der Waals surface area (Å²) in [7, 11) is 4.03. The maximum Gasteiger partial charge on any atom is 0.118 e. The minimum Gasteiger partial charge on any atom is -0.463 e. The number of aromatic nitrogens is 1. The predicted molar refractivity (Wildman–Crippen MR) is 75.7 cm³/mol. The molecule has 0 radical (unpaired) electrons. The second-order valence-corrected chi connectivity index (χ2v) is 4.74. The zero-order valence-corrected chi connectivity index (χ0v) is 11.6. The first-order valence-corrected chi connectivity index (χ1v) is 6.57. The van der Waals surface area contributed by atoms with Crippen LogP contribution in [0.25, 0.3) is 0 Å². The van der Waals surface area contributed by atoms with Crippen LogP contribution in [0, 0.1) is 0 Å². The summed E-state index contributed by atoms with van der Waals surface area (Å²) < 4.78 is 5.73. The van der Waals surface area contributed by atoms with Crippen molar-refractivity contribution in [3.63, 3.8) is 0 Å². The van der Waals surface area contributed by atoms with Gasteiger partial charge in [-0.1, -0.05) is 0 Å². The van der Waals surface area contributed by atoms with Gasteiger partial charge in [0, 0.05) is 18.9 Å². The molecule has 0 aromatic carbocycles. The topological polar surface area (TPSA) is 41.3 Å². The molecule has 2 aromatic heterocycles. The second-order valence-electron chi connectivity index (χ2n) is 4.74. The monoisotopic (exact) mass is 259 g/mol. The molecule has 19 heavy (non-hydrogen) atoms. The first kappa shape index (κ1) is 13.8. The lowest BCUT2D eigenvalue weighted by Crippen LogP contribution is -2.20. The van der Waals surface area contributed by atoms with Crippen molar-refractivity contribution in [3.05, 3.63) is 53.7 Å². The molecule has 2 rings (SSSR count). The number of likely N-dealkylation sites (N-methyl/N-ethyl adjacent to an activating group) is 1. The van der Waals surface area contributed by atoms with Gasteiger partial charge < -0.3 is 9.73 Å². The van der Waals surface area contributed by atoms with Crippen molar-refractivity contribution in [2.45, 2.75) is 19.5 Å². The molecule has 0 aliphatic heterocycles. The van der Waals surface area contributed by atoms with Gasteiger partial charge in [0.25, 0.3) is 0 Å². The largest absolute Gasteiger partial charge is 0.463 e. The fourth-order valence-electron chi connectivity index (χ4n) is 1.99. The second kappa shape index (κ2) is 7.07. The minimum absolute atomic E-state index is 0.779. The third-order valence-corrected chi connectivity index (χ3v) is 3.03. The number of rotatable bonds is 7. The van der Waals surface area contributed by atoms with E-state index in [0.717, 1.165) is 37.6 Å². The van der Waals surface area contributed by atoms with Crippen molar-refractivity contribution in [1.82, 2.24) is 15.2 Å². The number of nitrogens with one attached hydrogen (secondary N) is 1. The van der Waals surface area contributed by atoms with E-state index >= 15 is 0 Å². The van der Waals surface area contributed by atoms with Crippen LogP contribution in [0.5, 0.6) is 0 Å². The molecule has 4 nitrogen and oxygen atoms in total. The number of hydrogen-bond donors (Lipinski definition) is 1. The van der Waals surface area contributed by atoms with Crippen LogP contribution in [0.2, 0.25) is 0 Å². The van der Waals surface area contributed by atoms with Gasteiger partial charge in [0.1, 0.15) is 11.5 Å². The Kier molecular flexibility index (Phi) is 5.12. The molecule has 0 amide bonds. The third-order valence-electron chi connectivity index (χ3n) is 3.03. The molecule has 0 unspecified atom stereocenters. The van der Waals surface area contributed by atoms with E-state index in [1.165, 1.54) is 5.56 Å². The molecule has 0 bridgehead atoms. The van der Waals surface area contributed by atoms with Crippen LogP contribution in [0.3, 0.4) is 0 Å². The van der Waals surface area contributed by atoms with Crippen LogP contribution in [0.4, 0.5) is 0 Å². The normalized spacial score (nSPS) is 11.1.